The van der Waals surface area contributed by atoms with Crippen LogP contribution in [-0.2, 0) is 9.47 Å². The van der Waals surface area contributed by atoms with Crippen LogP contribution in [0.4, 0.5) is 0 Å². The van der Waals surface area contributed by atoms with Crippen LogP contribution in [0, 0.1) is 11.3 Å². The van der Waals surface area contributed by atoms with Gasteiger partial charge in [0.1, 0.15) is 5.54 Å². The Hall–Kier alpha value is -0.630. The van der Waals surface area contributed by atoms with Crippen LogP contribution in [0.2, 0.25) is 0 Å². The Labute approximate surface area is 117 Å². The minimum Gasteiger partial charge on any atom is -0.379 e. The minimum atomic E-state index is -0.372. The Morgan fingerprint density at radius 2 is 2.32 bits per heavy atom. The standard InChI is InChI=1S/C15H28N2O2/c1-3-9-17-15(4-2,13-16)8-6-10-18-12-14-7-5-11-19-14/h14,17H,3-12H2,1-2H3. The summed E-state index contributed by atoms with van der Waals surface area (Å²) in [5, 5.41) is 12.7. The van der Waals surface area contributed by atoms with Gasteiger partial charge in [0.25, 0.3) is 0 Å². The van der Waals surface area contributed by atoms with Gasteiger partial charge in [-0.1, -0.05) is 13.8 Å². The van der Waals surface area contributed by atoms with Gasteiger partial charge in [-0.25, -0.2) is 0 Å². The zero-order valence-electron chi connectivity index (χ0n) is 12.4. The smallest absolute Gasteiger partial charge is 0.106 e. The number of ether oxygens (including phenoxy) is 2. The quantitative estimate of drug-likeness (QED) is 0.619. The fourth-order valence-electron chi connectivity index (χ4n) is 2.40. The summed E-state index contributed by atoms with van der Waals surface area (Å²) in [6.45, 7) is 7.39. The highest BCUT2D eigenvalue weighted by molar-refractivity contribution is 5.06. The number of rotatable bonds is 10. The van der Waals surface area contributed by atoms with Crippen LogP contribution in [0.25, 0.3) is 0 Å². The third-order valence-electron chi connectivity index (χ3n) is 3.75. The first-order chi connectivity index (χ1) is 9.26. The van der Waals surface area contributed by atoms with Crippen molar-refractivity contribution in [3.8, 4) is 6.07 Å². The van der Waals surface area contributed by atoms with E-state index in [9.17, 15) is 5.26 Å². The van der Waals surface area contributed by atoms with E-state index in [1.54, 1.807) is 0 Å². The van der Waals surface area contributed by atoms with Crippen molar-refractivity contribution in [3.63, 3.8) is 0 Å². The number of nitrogens with zero attached hydrogens (tertiary/aromatic N) is 1. The highest BCUT2D eigenvalue weighted by atomic mass is 16.5. The molecule has 2 atom stereocenters. The predicted molar refractivity (Wildman–Crippen MR) is 76.0 cm³/mol. The molecular weight excluding hydrogens is 240 g/mol. The summed E-state index contributed by atoms with van der Waals surface area (Å²) < 4.78 is 11.2. The van der Waals surface area contributed by atoms with E-state index < -0.39 is 0 Å². The van der Waals surface area contributed by atoms with Crippen LogP contribution in [0.5, 0.6) is 0 Å². The van der Waals surface area contributed by atoms with E-state index in [4.69, 9.17) is 9.47 Å². The maximum atomic E-state index is 9.36. The topological polar surface area (TPSA) is 54.3 Å². The first-order valence-corrected chi connectivity index (χ1v) is 7.62. The fraction of sp³-hybridized carbons (Fsp3) is 0.933. The van der Waals surface area contributed by atoms with E-state index in [0.29, 0.717) is 12.7 Å². The van der Waals surface area contributed by atoms with Gasteiger partial charge < -0.3 is 9.47 Å². The molecule has 1 rings (SSSR count). The van der Waals surface area contributed by atoms with Crippen molar-refractivity contribution in [3.05, 3.63) is 0 Å². The van der Waals surface area contributed by atoms with Gasteiger partial charge in [-0.3, -0.25) is 5.32 Å². The lowest BCUT2D eigenvalue weighted by molar-refractivity contribution is 0.0151. The second-order valence-corrected chi connectivity index (χ2v) is 5.29. The summed E-state index contributed by atoms with van der Waals surface area (Å²) in [5.74, 6) is 0. The first kappa shape index (κ1) is 16.4. The molecule has 0 aromatic heterocycles. The Bertz CT molecular complexity index is 272. The molecule has 0 aromatic rings. The molecule has 4 nitrogen and oxygen atoms in total. The molecule has 0 aromatic carbocycles. The van der Waals surface area contributed by atoms with Crippen molar-refractivity contribution in [1.29, 1.82) is 5.26 Å². The van der Waals surface area contributed by atoms with Crippen LogP contribution in [0.1, 0.15) is 52.4 Å². The molecule has 1 saturated heterocycles. The molecule has 1 aliphatic heterocycles. The minimum absolute atomic E-state index is 0.296. The molecule has 110 valence electrons. The SMILES string of the molecule is CCCNC(C#N)(CC)CCCOCC1CCCO1. The molecule has 0 amide bonds. The third-order valence-corrected chi connectivity index (χ3v) is 3.75. The average Bonchev–Trinajstić information content (AvgIpc) is 2.95. The molecule has 1 heterocycles. The zero-order valence-corrected chi connectivity index (χ0v) is 12.4. The molecule has 0 bridgehead atoms. The van der Waals surface area contributed by atoms with Gasteiger partial charge in [-0.15, -0.1) is 0 Å². The van der Waals surface area contributed by atoms with Crippen molar-refractivity contribution >= 4 is 0 Å². The fourth-order valence-corrected chi connectivity index (χ4v) is 2.40. The summed E-state index contributed by atoms with van der Waals surface area (Å²) >= 11 is 0. The van der Waals surface area contributed by atoms with Gasteiger partial charge in [-0.2, -0.15) is 5.26 Å². The Morgan fingerprint density at radius 1 is 1.47 bits per heavy atom. The molecule has 4 heteroatoms. The number of nitrogens with one attached hydrogen (secondary N) is 1. The number of hydrogen-bond donors (Lipinski definition) is 1. The monoisotopic (exact) mass is 268 g/mol. The van der Waals surface area contributed by atoms with E-state index in [0.717, 1.165) is 58.3 Å². The molecule has 0 aliphatic carbocycles. The van der Waals surface area contributed by atoms with Crippen molar-refractivity contribution in [2.45, 2.75) is 64.0 Å². The Morgan fingerprint density at radius 3 is 2.89 bits per heavy atom. The van der Waals surface area contributed by atoms with Gasteiger partial charge in [0, 0.05) is 13.2 Å². The lowest BCUT2D eigenvalue weighted by Crippen LogP contribution is -2.44. The Balaban J connectivity index is 2.15. The lowest BCUT2D eigenvalue weighted by atomic mass is 9.92. The van der Waals surface area contributed by atoms with E-state index in [-0.39, 0.29) is 5.54 Å². The maximum Gasteiger partial charge on any atom is 0.106 e. The summed E-state index contributed by atoms with van der Waals surface area (Å²) in [6, 6.07) is 2.44. The molecule has 1 fully saturated rings. The molecule has 0 spiro atoms. The highest BCUT2D eigenvalue weighted by Gasteiger charge is 2.26. The van der Waals surface area contributed by atoms with Gasteiger partial charge in [0.15, 0.2) is 0 Å². The summed E-state index contributed by atoms with van der Waals surface area (Å²) in [5.41, 5.74) is -0.372. The Kier molecular flexibility index (Phi) is 8.04. The van der Waals surface area contributed by atoms with Crippen molar-refractivity contribution in [2.24, 2.45) is 0 Å². The first-order valence-electron chi connectivity index (χ1n) is 7.62. The largest absolute Gasteiger partial charge is 0.379 e. The van der Waals surface area contributed by atoms with Crippen LogP contribution < -0.4 is 5.32 Å². The van der Waals surface area contributed by atoms with Crippen molar-refractivity contribution in [1.82, 2.24) is 5.32 Å². The molecule has 19 heavy (non-hydrogen) atoms. The highest BCUT2D eigenvalue weighted by Crippen LogP contribution is 2.17. The van der Waals surface area contributed by atoms with Gasteiger partial charge in [0.05, 0.1) is 18.8 Å². The zero-order chi connectivity index (χ0) is 14.0. The van der Waals surface area contributed by atoms with Crippen molar-refractivity contribution < 1.29 is 9.47 Å². The molecule has 1 N–H and O–H groups in total. The van der Waals surface area contributed by atoms with E-state index in [1.807, 2.05) is 0 Å². The third kappa shape index (κ3) is 5.90. The number of nitriles is 1. The van der Waals surface area contributed by atoms with Gasteiger partial charge in [0.2, 0.25) is 0 Å². The lowest BCUT2D eigenvalue weighted by Gasteiger charge is -2.26. The van der Waals surface area contributed by atoms with Crippen molar-refractivity contribution in [2.75, 3.05) is 26.4 Å². The second-order valence-electron chi connectivity index (χ2n) is 5.29. The second kappa shape index (κ2) is 9.30. The van der Waals surface area contributed by atoms with E-state index >= 15 is 0 Å². The molecule has 1 aliphatic rings. The van der Waals surface area contributed by atoms with Crippen LogP contribution in [0.3, 0.4) is 0 Å². The maximum absolute atomic E-state index is 9.36. The van der Waals surface area contributed by atoms with Gasteiger partial charge in [-0.05, 0) is 45.1 Å². The van der Waals surface area contributed by atoms with E-state index in [2.05, 4.69) is 25.2 Å². The van der Waals surface area contributed by atoms with E-state index in [1.165, 1.54) is 0 Å². The van der Waals surface area contributed by atoms with Crippen LogP contribution >= 0.6 is 0 Å². The summed E-state index contributed by atoms with van der Waals surface area (Å²) in [6.07, 6.45) is 6.24. The van der Waals surface area contributed by atoms with Gasteiger partial charge >= 0.3 is 0 Å². The molecule has 0 radical (unpaired) electrons. The summed E-state index contributed by atoms with van der Waals surface area (Å²) in [7, 11) is 0. The molecular formula is C15H28N2O2. The molecule has 0 saturated carbocycles. The number of hydrogen-bond acceptors (Lipinski definition) is 4. The normalized spacial score (nSPS) is 22.1. The van der Waals surface area contributed by atoms with Crippen LogP contribution in [-0.4, -0.2) is 38.0 Å². The summed E-state index contributed by atoms with van der Waals surface area (Å²) in [4.78, 5) is 0. The van der Waals surface area contributed by atoms with Crippen LogP contribution in [0.15, 0.2) is 0 Å². The predicted octanol–water partition coefficient (Wildman–Crippen LogP) is 2.63. The average molecular weight is 268 g/mol. The molecule has 2 unspecified atom stereocenters.